The molecule has 0 bridgehead atoms. The van der Waals surface area contributed by atoms with E-state index in [1.54, 1.807) is 0 Å². The fourth-order valence-electron chi connectivity index (χ4n) is 3.26. The summed E-state index contributed by atoms with van der Waals surface area (Å²) in [5.41, 5.74) is -0.512. The number of aryl methyl sites for hydroxylation is 2. The molecule has 0 unspecified atom stereocenters. The molecule has 1 aliphatic carbocycles. The molecule has 0 aromatic carbocycles. The van der Waals surface area contributed by atoms with E-state index in [1.165, 1.54) is 13.2 Å². The maximum atomic E-state index is 12.8. The van der Waals surface area contributed by atoms with Gasteiger partial charge in [-0.05, 0) is 19.3 Å². The molecule has 0 radical (unpaired) electrons. The van der Waals surface area contributed by atoms with Crippen molar-refractivity contribution >= 4 is 5.91 Å². The van der Waals surface area contributed by atoms with Crippen LogP contribution in [0.5, 0.6) is 0 Å². The fraction of sp³-hybridized carbons (Fsp3) is 0.438. The lowest BCUT2D eigenvalue weighted by molar-refractivity contribution is -0.157. The Hall–Kier alpha value is -3.39. The summed E-state index contributed by atoms with van der Waals surface area (Å²) in [5, 5.41) is 16.3. The third-order valence-electron chi connectivity index (χ3n) is 4.67. The largest absolute Gasteiger partial charge is 0.470 e. The Morgan fingerprint density at radius 1 is 1.16 bits per heavy atom. The maximum Gasteiger partial charge on any atom is 0.470 e. The minimum absolute atomic E-state index is 0.293. The Balaban J connectivity index is 1.57. The third-order valence-corrected chi connectivity index (χ3v) is 4.67. The smallest absolute Gasteiger partial charge is 0.398 e. The number of carbonyl (C=O) groups is 1. The molecule has 0 fully saturated rings. The van der Waals surface area contributed by atoms with Crippen molar-refractivity contribution in [2.24, 2.45) is 7.05 Å². The molecule has 0 aliphatic heterocycles. The SMILES string of the molecule is Cn1nc(C(F)(F)F)cc1C(=O)N[C@H]1CCCc2nn(-c3nnc(C(F)(F)F)o3)cc21. The molecular formula is C16H13F6N7O2. The Kier molecular flexibility index (Phi) is 4.77. The lowest BCUT2D eigenvalue weighted by Crippen LogP contribution is -2.31. The van der Waals surface area contributed by atoms with Gasteiger partial charge < -0.3 is 9.73 Å². The van der Waals surface area contributed by atoms with E-state index in [4.69, 9.17) is 0 Å². The first-order chi connectivity index (χ1) is 14.4. The first-order valence-electron chi connectivity index (χ1n) is 8.85. The van der Waals surface area contributed by atoms with Crippen molar-refractivity contribution in [3.05, 3.63) is 40.8 Å². The number of alkyl halides is 6. The maximum absolute atomic E-state index is 12.8. The van der Waals surface area contributed by atoms with Crippen LogP contribution in [0.2, 0.25) is 0 Å². The van der Waals surface area contributed by atoms with Crippen LogP contribution < -0.4 is 5.32 Å². The average molecular weight is 449 g/mol. The highest BCUT2D eigenvalue weighted by atomic mass is 19.4. The number of nitrogens with zero attached hydrogens (tertiary/aromatic N) is 6. The van der Waals surface area contributed by atoms with E-state index in [0.29, 0.717) is 36.6 Å². The predicted octanol–water partition coefficient (Wildman–Crippen LogP) is 2.83. The van der Waals surface area contributed by atoms with E-state index in [0.717, 1.165) is 9.36 Å². The molecule has 1 atom stereocenters. The standard InChI is InChI=1S/C16H13F6N7O2/c1-28-10(5-11(27-28)15(17,18)19)12(30)23-8-3-2-4-9-7(8)6-29(26-9)14-25-24-13(31-14)16(20,21)22/h5-6,8H,2-4H2,1H3,(H,23,30)/t8-/m0/s1. The normalized spacial score (nSPS) is 16.9. The molecule has 1 amide bonds. The summed E-state index contributed by atoms with van der Waals surface area (Å²) in [6.45, 7) is 0. The molecule has 166 valence electrons. The molecule has 1 N–H and O–H groups in total. The fourth-order valence-corrected chi connectivity index (χ4v) is 3.26. The highest BCUT2D eigenvalue weighted by Gasteiger charge is 2.39. The minimum atomic E-state index is -4.81. The monoisotopic (exact) mass is 449 g/mol. The van der Waals surface area contributed by atoms with E-state index in [2.05, 4.69) is 30.1 Å². The van der Waals surface area contributed by atoms with Crippen molar-refractivity contribution in [2.45, 2.75) is 37.7 Å². The predicted molar refractivity (Wildman–Crippen MR) is 87.8 cm³/mol. The van der Waals surface area contributed by atoms with Gasteiger partial charge in [-0.15, -0.1) is 5.10 Å². The molecule has 4 rings (SSSR count). The van der Waals surface area contributed by atoms with Gasteiger partial charge in [0.25, 0.3) is 5.91 Å². The number of aromatic nitrogens is 6. The Bertz CT molecular complexity index is 1130. The van der Waals surface area contributed by atoms with Crippen LogP contribution in [0.4, 0.5) is 26.3 Å². The van der Waals surface area contributed by atoms with Crippen LogP contribution in [0.25, 0.3) is 6.01 Å². The van der Waals surface area contributed by atoms with Gasteiger partial charge in [0.15, 0.2) is 5.69 Å². The second-order valence-electron chi connectivity index (χ2n) is 6.82. The number of fused-ring (bicyclic) bond motifs is 1. The first kappa shape index (κ1) is 20.9. The zero-order valence-corrected chi connectivity index (χ0v) is 15.6. The summed E-state index contributed by atoms with van der Waals surface area (Å²) in [6.07, 6.45) is -6.64. The van der Waals surface area contributed by atoms with Crippen LogP contribution in [0, 0.1) is 0 Å². The van der Waals surface area contributed by atoms with Gasteiger partial charge in [0, 0.05) is 24.9 Å². The van der Waals surface area contributed by atoms with Crippen LogP contribution in [-0.4, -0.2) is 35.7 Å². The van der Waals surface area contributed by atoms with Crippen molar-refractivity contribution < 1.29 is 35.6 Å². The molecule has 9 nitrogen and oxygen atoms in total. The number of hydrogen-bond donors (Lipinski definition) is 1. The number of halogens is 6. The van der Waals surface area contributed by atoms with Crippen molar-refractivity contribution in [1.82, 2.24) is 35.1 Å². The van der Waals surface area contributed by atoms with Crippen LogP contribution in [0.1, 0.15) is 52.2 Å². The lowest BCUT2D eigenvalue weighted by atomic mass is 9.93. The van der Waals surface area contributed by atoms with Gasteiger partial charge >= 0.3 is 24.3 Å². The van der Waals surface area contributed by atoms with E-state index < -0.39 is 41.9 Å². The van der Waals surface area contributed by atoms with Crippen molar-refractivity contribution in [2.75, 3.05) is 0 Å². The van der Waals surface area contributed by atoms with Gasteiger partial charge in [-0.2, -0.15) is 41.2 Å². The van der Waals surface area contributed by atoms with Crippen LogP contribution in [0.3, 0.4) is 0 Å². The summed E-state index contributed by atoms with van der Waals surface area (Å²) in [5.74, 6) is -2.31. The summed E-state index contributed by atoms with van der Waals surface area (Å²) >= 11 is 0. The van der Waals surface area contributed by atoms with Crippen molar-refractivity contribution in [3.8, 4) is 6.01 Å². The molecule has 3 aromatic rings. The van der Waals surface area contributed by atoms with Gasteiger partial charge in [-0.1, -0.05) is 5.10 Å². The molecule has 15 heteroatoms. The summed E-state index contributed by atoms with van der Waals surface area (Å²) < 4.78 is 82.9. The number of nitrogens with one attached hydrogen (secondary N) is 1. The minimum Gasteiger partial charge on any atom is -0.398 e. The molecule has 3 aromatic heterocycles. The molecule has 0 saturated heterocycles. The van der Waals surface area contributed by atoms with Crippen LogP contribution in [0.15, 0.2) is 16.7 Å². The average Bonchev–Trinajstić information content (AvgIpc) is 3.38. The second-order valence-corrected chi connectivity index (χ2v) is 6.82. The van der Waals surface area contributed by atoms with Gasteiger partial charge in [-0.25, -0.2) is 0 Å². The zero-order valence-electron chi connectivity index (χ0n) is 15.6. The number of rotatable bonds is 3. The molecule has 0 spiro atoms. The Morgan fingerprint density at radius 2 is 1.90 bits per heavy atom. The molecule has 1 aliphatic rings. The Labute approximate surface area is 169 Å². The van der Waals surface area contributed by atoms with Gasteiger partial charge in [0.1, 0.15) is 5.69 Å². The molecule has 3 heterocycles. The number of amides is 1. The van der Waals surface area contributed by atoms with Gasteiger partial charge in [0.05, 0.1) is 11.7 Å². The summed E-state index contributed by atoms with van der Waals surface area (Å²) in [4.78, 5) is 12.5. The van der Waals surface area contributed by atoms with E-state index >= 15 is 0 Å². The van der Waals surface area contributed by atoms with Crippen molar-refractivity contribution in [1.29, 1.82) is 0 Å². The highest BCUT2D eigenvalue weighted by Crippen LogP contribution is 2.32. The summed E-state index contributed by atoms with van der Waals surface area (Å²) in [6, 6.07) is -0.493. The summed E-state index contributed by atoms with van der Waals surface area (Å²) in [7, 11) is 1.21. The second kappa shape index (κ2) is 7.09. The van der Waals surface area contributed by atoms with Crippen LogP contribution >= 0.6 is 0 Å². The highest BCUT2D eigenvalue weighted by molar-refractivity contribution is 5.93. The molecular weight excluding hydrogens is 436 g/mol. The van der Waals surface area contributed by atoms with Gasteiger partial charge in [-0.3, -0.25) is 9.48 Å². The van der Waals surface area contributed by atoms with E-state index in [-0.39, 0.29) is 5.69 Å². The van der Waals surface area contributed by atoms with Gasteiger partial charge in [0.2, 0.25) is 0 Å². The number of carbonyl (C=O) groups excluding carboxylic acids is 1. The van der Waals surface area contributed by atoms with Crippen molar-refractivity contribution in [3.63, 3.8) is 0 Å². The topological polar surface area (TPSA) is 104 Å². The third kappa shape index (κ3) is 3.98. The zero-order chi connectivity index (χ0) is 22.6. The van der Waals surface area contributed by atoms with E-state index in [1.807, 2.05) is 0 Å². The number of hydrogen-bond acceptors (Lipinski definition) is 6. The van der Waals surface area contributed by atoms with E-state index in [9.17, 15) is 31.1 Å². The first-order valence-corrected chi connectivity index (χ1v) is 8.85. The molecule has 31 heavy (non-hydrogen) atoms. The van der Waals surface area contributed by atoms with Crippen LogP contribution in [-0.2, 0) is 25.8 Å². The quantitative estimate of drug-likeness (QED) is 0.617. The Morgan fingerprint density at radius 3 is 2.52 bits per heavy atom. The lowest BCUT2D eigenvalue weighted by Gasteiger charge is -2.22. The molecule has 0 saturated carbocycles.